The number of carbonyl (C=O) groups excluding carboxylic acids is 1. The molecule has 1 aromatic rings. The summed E-state index contributed by atoms with van der Waals surface area (Å²) < 4.78 is 48.2. The number of hydrogen-bond donors (Lipinski definition) is 0. The number of alkyl halides is 3. The molecule has 6 nitrogen and oxygen atoms in total. The van der Waals surface area contributed by atoms with Gasteiger partial charge < -0.3 is 9.47 Å². The van der Waals surface area contributed by atoms with E-state index in [-0.39, 0.29) is 19.8 Å². The molecule has 1 aromatic heterocycles. The molecule has 0 saturated carbocycles. The molecule has 0 aliphatic carbocycles. The number of methoxy groups -OCH3 is 1. The number of rotatable bonds is 5. The summed E-state index contributed by atoms with van der Waals surface area (Å²) >= 11 is 0. The lowest BCUT2D eigenvalue weighted by atomic mass is 10.3. The van der Waals surface area contributed by atoms with Gasteiger partial charge in [-0.15, -0.1) is 5.10 Å². The molecule has 9 heteroatoms. The summed E-state index contributed by atoms with van der Waals surface area (Å²) in [6, 6.07) is 0. The minimum Gasteiger partial charge on any atom is -0.461 e. The van der Waals surface area contributed by atoms with E-state index in [2.05, 4.69) is 19.8 Å². The van der Waals surface area contributed by atoms with E-state index in [4.69, 9.17) is 0 Å². The van der Waals surface area contributed by atoms with Crippen molar-refractivity contribution < 1.29 is 27.4 Å². The van der Waals surface area contributed by atoms with Gasteiger partial charge in [0, 0.05) is 7.11 Å². The molecule has 0 atom stereocenters. The van der Waals surface area contributed by atoms with Crippen molar-refractivity contribution in [3.63, 3.8) is 0 Å². The normalized spacial score (nSPS) is 11.6. The molecule has 0 saturated heterocycles. The Balaban J connectivity index is 3.11. The van der Waals surface area contributed by atoms with E-state index in [0.717, 1.165) is 0 Å². The van der Waals surface area contributed by atoms with E-state index < -0.39 is 23.5 Å². The SMILES string of the molecule is CCOC(=O)c1nnn(CCOC)c1C(F)(F)F. The maximum absolute atomic E-state index is 12.8. The van der Waals surface area contributed by atoms with Gasteiger partial charge in [-0.1, -0.05) is 5.21 Å². The first-order valence-electron chi connectivity index (χ1n) is 5.08. The van der Waals surface area contributed by atoms with Gasteiger partial charge >= 0.3 is 12.1 Å². The molecular weight excluding hydrogens is 255 g/mol. The summed E-state index contributed by atoms with van der Waals surface area (Å²) in [5, 5.41) is 6.51. The van der Waals surface area contributed by atoms with Crippen molar-refractivity contribution in [2.45, 2.75) is 19.6 Å². The number of carbonyl (C=O) groups is 1. The minimum absolute atomic E-state index is 0.0225. The summed E-state index contributed by atoms with van der Waals surface area (Å²) in [7, 11) is 1.34. The lowest BCUT2D eigenvalue weighted by molar-refractivity contribution is -0.145. The number of halogens is 3. The van der Waals surface area contributed by atoms with E-state index in [9.17, 15) is 18.0 Å². The van der Waals surface area contributed by atoms with Crippen LogP contribution in [-0.2, 0) is 22.2 Å². The Hall–Kier alpha value is -1.64. The Morgan fingerprint density at radius 2 is 2.11 bits per heavy atom. The van der Waals surface area contributed by atoms with Crippen molar-refractivity contribution in [2.75, 3.05) is 20.3 Å². The van der Waals surface area contributed by atoms with Crippen molar-refractivity contribution >= 4 is 5.97 Å². The molecular formula is C9H12F3N3O3. The summed E-state index contributed by atoms with van der Waals surface area (Å²) in [4.78, 5) is 11.3. The van der Waals surface area contributed by atoms with Crippen molar-refractivity contribution in [1.29, 1.82) is 0 Å². The third kappa shape index (κ3) is 3.19. The molecule has 18 heavy (non-hydrogen) atoms. The van der Waals surface area contributed by atoms with Crippen LogP contribution in [0.3, 0.4) is 0 Å². The van der Waals surface area contributed by atoms with E-state index in [1.807, 2.05) is 0 Å². The molecule has 0 radical (unpaired) electrons. The molecule has 0 amide bonds. The fourth-order valence-corrected chi connectivity index (χ4v) is 1.26. The van der Waals surface area contributed by atoms with Crippen LogP contribution < -0.4 is 0 Å². The van der Waals surface area contributed by atoms with Crippen LogP contribution in [0.2, 0.25) is 0 Å². The van der Waals surface area contributed by atoms with Crippen LogP contribution in [-0.4, -0.2) is 41.3 Å². The minimum atomic E-state index is -4.74. The predicted molar refractivity (Wildman–Crippen MR) is 52.9 cm³/mol. The number of hydrogen-bond acceptors (Lipinski definition) is 5. The molecule has 0 bridgehead atoms. The zero-order chi connectivity index (χ0) is 13.8. The van der Waals surface area contributed by atoms with Crippen LogP contribution in [0.1, 0.15) is 23.1 Å². The Morgan fingerprint density at radius 3 is 2.61 bits per heavy atom. The van der Waals surface area contributed by atoms with Crippen molar-refractivity contribution in [1.82, 2.24) is 15.0 Å². The van der Waals surface area contributed by atoms with Gasteiger partial charge in [0.05, 0.1) is 19.8 Å². The van der Waals surface area contributed by atoms with Gasteiger partial charge in [0.2, 0.25) is 5.69 Å². The zero-order valence-electron chi connectivity index (χ0n) is 9.82. The van der Waals surface area contributed by atoms with Crippen LogP contribution in [0, 0.1) is 0 Å². The number of esters is 1. The quantitative estimate of drug-likeness (QED) is 0.748. The van der Waals surface area contributed by atoms with E-state index >= 15 is 0 Å². The third-order valence-electron chi connectivity index (χ3n) is 1.98. The second kappa shape index (κ2) is 5.80. The first-order valence-corrected chi connectivity index (χ1v) is 5.08. The van der Waals surface area contributed by atoms with Crippen molar-refractivity contribution in [3.8, 4) is 0 Å². The van der Waals surface area contributed by atoms with Gasteiger partial charge in [-0.05, 0) is 6.92 Å². The average Bonchev–Trinajstić information content (AvgIpc) is 2.70. The molecule has 1 heterocycles. The van der Waals surface area contributed by atoms with E-state index in [1.54, 1.807) is 0 Å². The standard InChI is InChI=1S/C9H12F3N3O3/c1-3-18-8(16)6-7(9(10,11)12)15(14-13-6)4-5-17-2/h3-5H2,1-2H3. The average molecular weight is 267 g/mol. The van der Waals surface area contributed by atoms with E-state index in [0.29, 0.717) is 4.68 Å². The smallest absolute Gasteiger partial charge is 0.435 e. The van der Waals surface area contributed by atoms with Crippen LogP contribution >= 0.6 is 0 Å². The van der Waals surface area contributed by atoms with Gasteiger partial charge in [0.15, 0.2) is 5.69 Å². The van der Waals surface area contributed by atoms with Gasteiger partial charge in [0.1, 0.15) is 0 Å². The topological polar surface area (TPSA) is 66.2 Å². The Morgan fingerprint density at radius 1 is 1.44 bits per heavy atom. The first kappa shape index (κ1) is 14.4. The Labute approximate surface area is 101 Å². The molecule has 0 spiro atoms. The van der Waals surface area contributed by atoms with Gasteiger partial charge in [0.25, 0.3) is 0 Å². The highest BCUT2D eigenvalue weighted by Gasteiger charge is 2.41. The summed E-state index contributed by atoms with van der Waals surface area (Å²) in [6.07, 6.45) is -4.74. The second-order valence-electron chi connectivity index (χ2n) is 3.22. The third-order valence-corrected chi connectivity index (χ3v) is 1.98. The summed E-state index contributed by atoms with van der Waals surface area (Å²) in [5.74, 6) is -1.14. The maximum atomic E-state index is 12.8. The van der Waals surface area contributed by atoms with Gasteiger partial charge in [-0.25, -0.2) is 9.48 Å². The van der Waals surface area contributed by atoms with Crippen molar-refractivity contribution in [2.24, 2.45) is 0 Å². The van der Waals surface area contributed by atoms with Gasteiger partial charge in [-0.3, -0.25) is 0 Å². The number of ether oxygens (including phenoxy) is 2. The molecule has 0 unspecified atom stereocenters. The van der Waals surface area contributed by atoms with Crippen LogP contribution in [0.4, 0.5) is 13.2 Å². The lowest BCUT2D eigenvalue weighted by Crippen LogP contribution is -2.20. The second-order valence-corrected chi connectivity index (χ2v) is 3.22. The Kier molecular flexibility index (Phi) is 4.65. The highest BCUT2D eigenvalue weighted by atomic mass is 19.4. The molecule has 1 rings (SSSR count). The van der Waals surface area contributed by atoms with Crippen LogP contribution in [0.5, 0.6) is 0 Å². The number of nitrogens with zero attached hydrogens (tertiary/aromatic N) is 3. The van der Waals surface area contributed by atoms with Gasteiger partial charge in [-0.2, -0.15) is 13.2 Å². The summed E-state index contributed by atoms with van der Waals surface area (Å²) in [5.41, 5.74) is -2.06. The predicted octanol–water partition coefficient (Wildman–Crippen LogP) is 1.12. The summed E-state index contributed by atoms with van der Waals surface area (Å²) in [6.45, 7) is 1.31. The molecule has 0 fully saturated rings. The monoisotopic (exact) mass is 267 g/mol. The highest BCUT2D eigenvalue weighted by molar-refractivity contribution is 5.88. The fourth-order valence-electron chi connectivity index (χ4n) is 1.26. The molecule has 102 valence electrons. The Bertz CT molecular complexity index is 417. The largest absolute Gasteiger partial charge is 0.461 e. The lowest BCUT2D eigenvalue weighted by Gasteiger charge is -2.10. The van der Waals surface area contributed by atoms with Crippen LogP contribution in [0.25, 0.3) is 0 Å². The zero-order valence-corrected chi connectivity index (χ0v) is 9.82. The maximum Gasteiger partial charge on any atom is 0.435 e. The molecule has 0 aromatic carbocycles. The molecule has 0 aliphatic rings. The van der Waals surface area contributed by atoms with Crippen LogP contribution in [0.15, 0.2) is 0 Å². The first-order chi connectivity index (χ1) is 8.41. The highest BCUT2D eigenvalue weighted by Crippen LogP contribution is 2.31. The molecule has 0 N–H and O–H groups in total. The number of aromatic nitrogens is 3. The molecule has 0 aliphatic heterocycles. The fraction of sp³-hybridized carbons (Fsp3) is 0.667. The van der Waals surface area contributed by atoms with Crippen molar-refractivity contribution in [3.05, 3.63) is 11.4 Å². The van der Waals surface area contributed by atoms with E-state index in [1.165, 1.54) is 14.0 Å².